The molecular weight excluding hydrogens is 256 g/mol. The summed E-state index contributed by atoms with van der Waals surface area (Å²) < 4.78 is 0. The quantitative estimate of drug-likeness (QED) is 0.830. The Kier molecular flexibility index (Phi) is 5.58. The summed E-state index contributed by atoms with van der Waals surface area (Å²) in [7, 11) is 0. The molecule has 2 N–H and O–H groups in total. The zero-order chi connectivity index (χ0) is 13.5. The van der Waals surface area contributed by atoms with Crippen LogP contribution in [-0.2, 0) is 4.79 Å². The number of aliphatic carboxylic acids is 1. The van der Waals surface area contributed by atoms with E-state index in [2.05, 4.69) is 10.3 Å². The molecule has 18 heavy (non-hydrogen) atoms. The van der Waals surface area contributed by atoms with Crippen LogP contribution in [0.4, 0.5) is 0 Å². The lowest BCUT2D eigenvalue weighted by atomic mass is 10.1. The number of amides is 1. The van der Waals surface area contributed by atoms with Gasteiger partial charge >= 0.3 is 5.97 Å². The van der Waals surface area contributed by atoms with Crippen LogP contribution in [0, 0.1) is 0 Å². The fourth-order valence-corrected chi connectivity index (χ4v) is 1.70. The maximum Gasteiger partial charge on any atom is 0.303 e. The van der Waals surface area contributed by atoms with Crippen LogP contribution in [0.3, 0.4) is 0 Å². The highest BCUT2D eigenvalue weighted by molar-refractivity contribution is 6.33. The maximum atomic E-state index is 11.8. The summed E-state index contributed by atoms with van der Waals surface area (Å²) in [5.41, 5.74) is 0.372. The number of pyridine rings is 1. The van der Waals surface area contributed by atoms with Crippen LogP contribution in [0.15, 0.2) is 18.5 Å². The molecule has 1 amide bonds. The number of hydrogen-bond acceptors (Lipinski definition) is 3. The van der Waals surface area contributed by atoms with E-state index in [-0.39, 0.29) is 18.4 Å². The number of hydrogen-bond donors (Lipinski definition) is 2. The van der Waals surface area contributed by atoms with Crippen LogP contribution in [0.5, 0.6) is 0 Å². The lowest BCUT2D eigenvalue weighted by Crippen LogP contribution is -2.32. The van der Waals surface area contributed by atoms with Crippen LogP contribution in [0.1, 0.15) is 36.5 Å². The first-order chi connectivity index (χ1) is 8.50. The van der Waals surface area contributed by atoms with E-state index in [1.165, 1.54) is 12.4 Å². The summed E-state index contributed by atoms with van der Waals surface area (Å²) in [4.78, 5) is 26.0. The van der Waals surface area contributed by atoms with Crippen molar-refractivity contribution in [1.29, 1.82) is 0 Å². The summed E-state index contributed by atoms with van der Waals surface area (Å²) in [5.74, 6) is -1.10. The van der Waals surface area contributed by atoms with E-state index >= 15 is 0 Å². The maximum absolute atomic E-state index is 11.8. The minimum Gasteiger partial charge on any atom is -0.481 e. The van der Waals surface area contributed by atoms with Gasteiger partial charge in [-0.1, -0.05) is 11.6 Å². The van der Waals surface area contributed by atoms with Crippen LogP contribution < -0.4 is 5.32 Å². The molecule has 0 aromatic carbocycles. The molecule has 6 heteroatoms. The average molecular weight is 271 g/mol. The molecule has 0 radical (unpaired) electrons. The topological polar surface area (TPSA) is 79.3 Å². The van der Waals surface area contributed by atoms with Gasteiger partial charge in [-0.3, -0.25) is 14.6 Å². The number of nitrogens with zero attached hydrogens (tertiary/aromatic N) is 1. The molecule has 1 rings (SSSR count). The summed E-state index contributed by atoms with van der Waals surface area (Å²) in [6, 6.07) is 1.45. The van der Waals surface area contributed by atoms with Gasteiger partial charge in [-0.15, -0.1) is 0 Å². The molecule has 0 spiro atoms. The van der Waals surface area contributed by atoms with Crippen LogP contribution >= 0.6 is 11.6 Å². The predicted octanol–water partition coefficient (Wildman–Crippen LogP) is 2.11. The molecule has 1 aromatic rings. The van der Waals surface area contributed by atoms with Gasteiger partial charge in [0.25, 0.3) is 5.91 Å². The highest BCUT2D eigenvalue weighted by Crippen LogP contribution is 2.13. The molecule has 0 saturated heterocycles. The molecule has 1 heterocycles. The van der Waals surface area contributed by atoms with E-state index in [4.69, 9.17) is 16.7 Å². The van der Waals surface area contributed by atoms with Gasteiger partial charge in [0.05, 0.1) is 10.6 Å². The van der Waals surface area contributed by atoms with Crippen molar-refractivity contribution < 1.29 is 14.7 Å². The Labute approximate surface area is 110 Å². The Morgan fingerprint density at radius 2 is 2.28 bits per heavy atom. The van der Waals surface area contributed by atoms with Crippen molar-refractivity contribution in [2.45, 2.75) is 32.2 Å². The van der Waals surface area contributed by atoms with Gasteiger partial charge in [-0.25, -0.2) is 0 Å². The number of carbonyl (C=O) groups is 2. The first-order valence-corrected chi connectivity index (χ1v) is 6.00. The third-order valence-corrected chi connectivity index (χ3v) is 2.72. The zero-order valence-corrected chi connectivity index (χ0v) is 10.8. The van der Waals surface area contributed by atoms with E-state index < -0.39 is 5.97 Å². The normalized spacial score (nSPS) is 11.9. The highest BCUT2D eigenvalue weighted by Gasteiger charge is 2.12. The summed E-state index contributed by atoms with van der Waals surface area (Å²) in [6.45, 7) is 1.83. The van der Waals surface area contributed by atoms with Gasteiger partial charge in [0, 0.05) is 24.9 Å². The van der Waals surface area contributed by atoms with E-state index in [1.54, 1.807) is 6.07 Å². The zero-order valence-electron chi connectivity index (χ0n) is 10.0. The SMILES string of the molecule is CC(CCCC(=O)O)NC(=O)c1ccncc1Cl. The van der Waals surface area contributed by atoms with Gasteiger partial charge in [0.1, 0.15) is 0 Å². The fourth-order valence-electron chi connectivity index (χ4n) is 1.49. The Morgan fingerprint density at radius 3 is 2.89 bits per heavy atom. The Bertz CT molecular complexity index is 437. The Hall–Kier alpha value is -1.62. The molecule has 0 aliphatic carbocycles. The molecule has 5 nitrogen and oxygen atoms in total. The van der Waals surface area contributed by atoms with Crippen LogP contribution in [0.25, 0.3) is 0 Å². The van der Waals surface area contributed by atoms with E-state index in [9.17, 15) is 9.59 Å². The number of carbonyl (C=O) groups excluding carboxylic acids is 1. The lowest BCUT2D eigenvalue weighted by Gasteiger charge is -2.13. The second kappa shape index (κ2) is 6.96. The number of rotatable bonds is 6. The second-order valence-corrected chi connectivity index (χ2v) is 4.42. The molecular formula is C12H15ClN2O3. The molecule has 0 bridgehead atoms. The van der Waals surface area contributed by atoms with E-state index in [0.29, 0.717) is 23.4 Å². The highest BCUT2D eigenvalue weighted by atomic mass is 35.5. The van der Waals surface area contributed by atoms with E-state index in [0.717, 1.165) is 0 Å². The van der Waals surface area contributed by atoms with Gasteiger partial charge in [0.15, 0.2) is 0 Å². The van der Waals surface area contributed by atoms with Crippen molar-refractivity contribution in [3.63, 3.8) is 0 Å². The monoisotopic (exact) mass is 270 g/mol. The van der Waals surface area contributed by atoms with Gasteiger partial charge in [-0.2, -0.15) is 0 Å². The first kappa shape index (κ1) is 14.4. The second-order valence-electron chi connectivity index (χ2n) is 4.02. The summed E-state index contributed by atoms with van der Waals surface area (Å²) >= 11 is 5.85. The molecule has 0 fully saturated rings. The minimum atomic E-state index is -0.828. The minimum absolute atomic E-state index is 0.0962. The van der Waals surface area contributed by atoms with Gasteiger partial charge < -0.3 is 10.4 Å². The van der Waals surface area contributed by atoms with Crippen molar-refractivity contribution in [1.82, 2.24) is 10.3 Å². The largest absolute Gasteiger partial charge is 0.481 e. The number of halogens is 1. The fraction of sp³-hybridized carbons (Fsp3) is 0.417. The van der Waals surface area contributed by atoms with Crippen molar-refractivity contribution in [3.05, 3.63) is 29.0 Å². The van der Waals surface area contributed by atoms with Crippen molar-refractivity contribution >= 4 is 23.5 Å². The van der Waals surface area contributed by atoms with Crippen molar-refractivity contribution in [3.8, 4) is 0 Å². The lowest BCUT2D eigenvalue weighted by molar-refractivity contribution is -0.137. The molecule has 1 atom stereocenters. The van der Waals surface area contributed by atoms with Crippen LogP contribution in [0.2, 0.25) is 5.02 Å². The number of nitrogens with one attached hydrogen (secondary N) is 1. The number of carboxylic acid groups (broad SMARTS) is 1. The van der Waals surface area contributed by atoms with Crippen molar-refractivity contribution in [2.75, 3.05) is 0 Å². The first-order valence-electron chi connectivity index (χ1n) is 5.63. The van der Waals surface area contributed by atoms with Gasteiger partial charge in [-0.05, 0) is 25.8 Å². The predicted molar refractivity (Wildman–Crippen MR) is 67.7 cm³/mol. The Balaban J connectivity index is 2.45. The molecule has 1 unspecified atom stereocenters. The van der Waals surface area contributed by atoms with E-state index in [1.807, 2.05) is 6.92 Å². The van der Waals surface area contributed by atoms with Gasteiger partial charge in [0.2, 0.25) is 0 Å². The molecule has 0 aliphatic rings. The van der Waals surface area contributed by atoms with Crippen LogP contribution in [-0.4, -0.2) is 28.0 Å². The standard InChI is InChI=1S/C12H15ClN2O3/c1-8(3-2-4-11(16)17)15-12(18)9-5-6-14-7-10(9)13/h5-8H,2-4H2,1H3,(H,15,18)(H,16,17). The number of carboxylic acids is 1. The summed E-state index contributed by atoms with van der Waals surface area (Å²) in [5, 5.41) is 11.6. The third-order valence-electron chi connectivity index (χ3n) is 2.42. The summed E-state index contributed by atoms with van der Waals surface area (Å²) in [6.07, 6.45) is 4.15. The molecule has 98 valence electrons. The molecule has 0 aliphatic heterocycles. The third kappa shape index (κ3) is 4.71. The average Bonchev–Trinajstić information content (AvgIpc) is 2.28. The van der Waals surface area contributed by atoms with Crippen molar-refractivity contribution in [2.24, 2.45) is 0 Å². The number of aromatic nitrogens is 1. The molecule has 0 saturated carbocycles. The Morgan fingerprint density at radius 1 is 1.56 bits per heavy atom. The smallest absolute Gasteiger partial charge is 0.303 e. The molecule has 1 aromatic heterocycles.